The summed E-state index contributed by atoms with van der Waals surface area (Å²) < 4.78 is 27.7. The number of alkyl halides is 2. The Labute approximate surface area is 88.4 Å². The fourth-order valence-electron chi connectivity index (χ4n) is 0.821. The van der Waals surface area contributed by atoms with Crippen LogP contribution in [0.1, 0.15) is 10.4 Å². The van der Waals surface area contributed by atoms with Crippen LogP contribution in [0.2, 0.25) is 10.0 Å². The molecule has 0 amide bonds. The lowest BCUT2D eigenvalue weighted by molar-refractivity contribution is -0.0497. The highest BCUT2D eigenvalue weighted by atomic mass is 35.5. The van der Waals surface area contributed by atoms with Crippen molar-refractivity contribution in [2.24, 2.45) is 0 Å². The predicted molar refractivity (Wildman–Crippen MR) is 48.5 cm³/mol. The first-order valence-corrected chi connectivity index (χ1v) is 4.19. The van der Waals surface area contributed by atoms with Gasteiger partial charge in [0.25, 0.3) is 0 Å². The monoisotopic (exact) mass is 240 g/mol. The molecule has 0 N–H and O–H groups in total. The van der Waals surface area contributed by atoms with Gasteiger partial charge in [-0.05, 0) is 6.07 Å². The molecule has 0 bridgehead atoms. The van der Waals surface area contributed by atoms with Crippen molar-refractivity contribution in [3.8, 4) is 5.75 Å². The minimum Gasteiger partial charge on any atom is -0.433 e. The first-order chi connectivity index (χ1) is 6.54. The molecular weight excluding hydrogens is 237 g/mol. The Balaban J connectivity index is 3.08. The van der Waals surface area contributed by atoms with Crippen molar-refractivity contribution >= 4 is 29.5 Å². The second-order valence-corrected chi connectivity index (χ2v) is 3.11. The number of hydrogen-bond donors (Lipinski definition) is 0. The topological polar surface area (TPSA) is 26.3 Å². The number of hydrogen-bond acceptors (Lipinski definition) is 2. The molecule has 0 aliphatic rings. The summed E-state index contributed by atoms with van der Waals surface area (Å²) in [6.07, 6.45) is 0.473. The quantitative estimate of drug-likeness (QED) is 0.758. The van der Waals surface area contributed by atoms with Crippen LogP contribution in [-0.2, 0) is 0 Å². The predicted octanol–water partition coefficient (Wildman–Crippen LogP) is 3.41. The molecular formula is C8H4Cl2F2O2. The summed E-state index contributed by atoms with van der Waals surface area (Å²) in [5, 5.41) is -0.0724. The van der Waals surface area contributed by atoms with E-state index >= 15 is 0 Å². The van der Waals surface area contributed by atoms with Gasteiger partial charge in [-0.15, -0.1) is 0 Å². The minimum absolute atomic E-state index is 0.0139. The van der Waals surface area contributed by atoms with E-state index in [4.69, 9.17) is 23.2 Å². The minimum atomic E-state index is -2.98. The van der Waals surface area contributed by atoms with Crippen LogP contribution in [0.15, 0.2) is 12.1 Å². The van der Waals surface area contributed by atoms with Crippen LogP contribution in [0, 0.1) is 0 Å². The summed E-state index contributed by atoms with van der Waals surface area (Å²) in [7, 11) is 0. The maximum Gasteiger partial charge on any atom is 0.387 e. The zero-order valence-electron chi connectivity index (χ0n) is 6.64. The van der Waals surface area contributed by atoms with Crippen molar-refractivity contribution < 1.29 is 18.3 Å². The van der Waals surface area contributed by atoms with E-state index in [2.05, 4.69) is 4.74 Å². The first kappa shape index (κ1) is 11.2. The van der Waals surface area contributed by atoms with Crippen LogP contribution < -0.4 is 4.74 Å². The van der Waals surface area contributed by atoms with Crippen LogP contribution >= 0.6 is 23.2 Å². The third-order valence-electron chi connectivity index (χ3n) is 1.39. The molecule has 0 heterocycles. The van der Waals surface area contributed by atoms with E-state index < -0.39 is 6.61 Å². The molecule has 0 aliphatic carbocycles. The molecule has 0 radical (unpaired) electrons. The van der Waals surface area contributed by atoms with Crippen molar-refractivity contribution in [2.45, 2.75) is 6.61 Å². The van der Waals surface area contributed by atoms with Gasteiger partial charge in [0.15, 0.2) is 6.29 Å². The average molecular weight is 241 g/mol. The molecule has 0 fully saturated rings. The van der Waals surface area contributed by atoms with E-state index in [-0.39, 0.29) is 21.4 Å². The molecule has 2 nitrogen and oxygen atoms in total. The highest BCUT2D eigenvalue weighted by Gasteiger charge is 2.11. The SMILES string of the molecule is O=Cc1cc(Cl)c(OC(F)F)cc1Cl. The highest BCUT2D eigenvalue weighted by Crippen LogP contribution is 2.31. The summed E-state index contributed by atoms with van der Waals surface area (Å²) in [6.45, 7) is -2.98. The van der Waals surface area contributed by atoms with E-state index in [1.165, 1.54) is 0 Å². The Morgan fingerprint density at radius 2 is 1.93 bits per heavy atom. The first-order valence-electron chi connectivity index (χ1n) is 3.43. The third-order valence-corrected chi connectivity index (χ3v) is 2.02. The number of benzene rings is 1. The van der Waals surface area contributed by atoms with Gasteiger partial charge in [0.2, 0.25) is 0 Å². The van der Waals surface area contributed by atoms with Crippen molar-refractivity contribution in [1.29, 1.82) is 0 Å². The van der Waals surface area contributed by atoms with Gasteiger partial charge in [0, 0.05) is 11.6 Å². The summed E-state index contributed by atoms with van der Waals surface area (Å²) in [5.41, 5.74) is 0.123. The molecule has 0 saturated heterocycles. The zero-order valence-corrected chi connectivity index (χ0v) is 8.15. The standard InChI is InChI=1S/C8H4Cl2F2O2/c9-5-2-7(14-8(11)12)6(10)1-4(5)3-13/h1-3,8H. The molecule has 1 rings (SSSR count). The average Bonchev–Trinajstić information content (AvgIpc) is 2.10. The largest absolute Gasteiger partial charge is 0.433 e. The van der Waals surface area contributed by atoms with Gasteiger partial charge in [-0.3, -0.25) is 4.79 Å². The Hall–Kier alpha value is -0.870. The van der Waals surface area contributed by atoms with Crippen LogP contribution in [0.5, 0.6) is 5.75 Å². The van der Waals surface area contributed by atoms with Gasteiger partial charge >= 0.3 is 6.61 Å². The summed E-state index contributed by atoms with van der Waals surface area (Å²) >= 11 is 11.1. The second-order valence-electron chi connectivity index (χ2n) is 2.30. The van der Waals surface area contributed by atoms with Crippen LogP contribution in [0.25, 0.3) is 0 Å². The molecule has 0 atom stereocenters. The Bertz CT molecular complexity index is 355. The van der Waals surface area contributed by atoms with Crippen LogP contribution in [0.4, 0.5) is 8.78 Å². The second kappa shape index (κ2) is 4.57. The molecule has 0 aliphatic heterocycles. The van der Waals surface area contributed by atoms with Crippen molar-refractivity contribution in [3.63, 3.8) is 0 Å². The van der Waals surface area contributed by atoms with E-state index in [0.717, 1.165) is 12.1 Å². The maximum atomic E-state index is 11.8. The van der Waals surface area contributed by atoms with E-state index in [0.29, 0.717) is 6.29 Å². The van der Waals surface area contributed by atoms with Crippen LogP contribution in [0.3, 0.4) is 0 Å². The molecule has 0 spiro atoms. The lowest BCUT2D eigenvalue weighted by Gasteiger charge is -2.07. The van der Waals surface area contributed by atoms with Crippen molar-refractivity contribution in [3.05, 3.63) is 27.7 Å². The van der Waals surface area contributed by atoms with E-state index in [9.17, 15) is 13.6 Å². The van der Waals surface area contributed by atoms with Crippen LogP contribution in [-0.4, -0.2) is 12.9 Å². The lowest BCUT2D eigenvalue weighted by Crippen LogP contribution is -2.02. The molecule has 0 aromatic heterocycles. The number of rotatable bonds is 3. The lowest BCUT2D eigenvalue weighted by atomic mass is 10.2. The van der Waals surface area contributed by atoms with Gasteiger partial charge in [-0.25, -0.2) is 0 Å². The molecule has 76 valence electrons. The van der Waals surface area contributed by atoms with Gasteiger partial charge in [-0.2, -0.15) is 8.78 Å². The Morgan fingerprint density at radius 3 is 2.43 bits per heavy atom. The van der Waals surface area contributed by atoms with Crippen molar-refractivity contribution in [1.82, 2.24) is 0 Å². The van der Waals surface area contributed by atoms with Gasteiger partial charge < -0.3 is 4.74 Å². The third kappa shape index (κ3) is 2.56. The molecule has 0 unspecified atom stereocenters. The molecule has 6 heteroatoms. The number of carbonyl (C=O) groups excluding carboxylic acids is 1. The molecule has 0 saturated carbocycles. The van der Waals surface area contributed by atoms with Crippen molar-refractivity contribution in [2.75, 3.05) is 0 Å². The Morgan fingerprint density at radius 1 is 1.29 bits per heavy atom. The van der Waals surface area contributed by atoms with Gasteiger partial charge in [-0.1, -0.05) is 23.2 Å². The maximum absolute atomic E-state index is 11.8. The summed E-state index contributed by atoms with van der Waals surface area (Å²) in [6, 6.07) is 2.23. The molecule has 1 aromatic carbocycles. The number of carbonyl (C=O) groups is 1. The number of halogens is 4. The van der Waals surface area contributed by atoms with Gasteiger partial charge in [0.1, 0.15) is 5.75 Å². The number of aldehydes is 1. The number of ether oxygens (including phenoxy) is 1. The molecule has 1 aromatic rings. The highest BCUT2D eigenvalue weighted by molar-refractivity contribution is 6.36. The normalized spacial score (nSPS) is 10.4. The molecule has 14 heavy (non-hydrogen) atoms. The van der Waals surface area contributed by atoms with Gasteiger partial charge in [0.05, 0.1) is 10.0 Å². The van der Waals surface area contributed by atoms with E-state index in [1.54, 1.807) is 0 Å². The summed E-state index contributed by atoms with van der Waals surface area (Å²) in [4.78, 5) is 10.4. The fraction of sp³-hybridized carbons (Fsp3) is 0.125. The van der Waals surface area contributed by atoms with E-state index in [1.807, 2.05) is 0 Å². The zero-order chi connectivity index (χ0) is 10.7. The smallest absolute Gasteiger partial charge is 0.387 e. The Kier molecular flexibility index (Phi) is 3.66. The fourth-order valence-corrected chi connectivity index (χ4v) is 1.24. The summed E-state index contributed by atoms with van der Waals surface area (Å²) in [5.74, 6) is -0.253.